The van der Waals surface area contributed by atoms with Crippen LogP contribution in [0.15, 0.2) is 29.3 Å². The molecule has 0 radical (unpaired) electrons. The number of guanidine groups is 1. The van der Waals surface area contributed by atoms with Gasteiger partial charge in [-0.25, -0.2) is 12.8 Å². The summed E-state index contributed by atoms with van der Waals surface area (Å²) in [4.78, 5) is 6.14. The maximum Gasteiger partial charge on any atom is 0.191 e. The van der Waals surface area contributed by atoms with Gasteiger partial charge in [-0.2, -0.15) is 0 Å². The molecule has 142 valence electrons. The number of aliphatic imine (C=N–C) groups is 1. The average Bonchev–Trinajstić information content (AvgIpc) is 2.85. The molecule has 1 aromatic rings. The van der Waals surface area contributed by atoms with Crippen molar-refractivity contribution in [2.75, 3.05) is 39.2 Å². The highest BCUT2D eigenvalue weighted by atomic mass is 127. The van der Waals surface area contributed by atoms with Crippen molar-refractivity contribution >= 4 is 39.8 Å². The van der Waals surface area contributed by atoms with Crippen LogP contribution in [-0.4, -0.2) is 64.5 Å². The molecular weight excluding hydrogens is 458 g/mol. The number of likely N-dealkylation sites (N-methyl/N-ethyl adjacent to an activating group) is 1. The van der Waals surface area contributed by atoms with Gasteiger partial charge in [0.25, 0.3) is 0 Å². The maximum absolute atomic E-state index is 13.5. The number of hydrogen-bond acceptors (Lipinski definition) is 4. The van der Waals surface area contributed by atoms with E-state index < -0.39 is 9.84 Å². The molecule has 0 saturated carbocycles. The zero-order valence-electron chi connectivity index (χ0n) is 14.7. The van der Waals surface area contributed by atoms with E-state index in [1.54, 1.807) is 13.1 Å². The second-order valence-electron chi connectivity index (χ2n) is 6.23. The van der Waals surface area contributed by atoms with Crippen LogP contribution in [0.5, 0.6) is 0 Å². The first-order chi connectivity index (χ1) is 11.3. The monoisotopic (exact) mass is 484 g/mol. The SMILES string of the molecule is CN=C(NCC(c1cccc(F)c1)N(C)C)NC1CCS(=O)(=O)C1.I. The third kappa shape index (κ3) is 6.70. The van der Waals surface area contributed by atoms with E-state index in [9.17, 15) is 12.8 Å². The van der Waals surface area contributed by atoms with Crippen molar-refractivity contribution < 1.29 is 12.8 Å². The number of hydrogen-bond donors (Lipinski definition) is 2. The minimum atomic E-state index is -2.94. The van der Waals surface area contributed by atoms with Crippen LogP contribution in [0.3, 0.4) is 0 Å². The number of rotatable bonds is 5. The summed E-state index contributed by atoms with van der Waals surface area (Å²) in [6.07, 6.45) is 0.587. The van der Waals surface area contributed by atoms with Crippen molar-refractivity contribution in [3.8, 4) is 0 Å². The summed E-state index contributed by atoms with van der Waals surface area (Å²) in [7, 11) is 2.56. The van der Waals surface area contributed by atoms with Gasteiger partial charge in [-0.1, -0.05) is 12.1 Å². The van der Waals surface area contributed by atoms with E-state index in [0.29, 0.717) is 18.9 Å². The van der Waals surface area contributed by atoms with Gasteiger partial charge in [0.1, 0.15) is 5.82 Å². The quantitative estimate of drug-likeness (QED) is 0.376. The van der Waals surface area contributed by atoms with Crippen molar-refractivity contribution in [2.24, 2.45) is 4.99 Å². The Kier molecular flexibility index (Phi) is 8.55. The second-order valence-corrected chi connectivity index (χ2v) is 8.46. The van der Waals surface area contributed by atoms with Crippen LogP contribution >= 0.6 is 24.0 Å². The van der Waals surface area contributed by atoms with E-state index in [1.807, 2.05) is 25.1 Å². The van der Waals surface area contributed by atoms with Gasteiger partial charge >= 0.3 is 0 Å². The molecule has 0 bridgehead atoms. The summed E-state index contributed by atoms with van der Waals surface area (Å²) in [6.45, 7) is 0.523. The predicted octanol–water partition coefficient (Wildman–Crippen LogP) is 1.40. The molecule has 2 atom stereocenters. The molecule has 1 heterocycles. The van der Waals surface area contributed by atoms with E-state index in [4.69, 9.17) is 0 Å². The van der Waals surface area contributed by atoms with Crippen molar-refractivity contribution in [1.29, 1.82) is 0 Å². The summed E-state index contributed by atoms with van der Waals surface area (Å²) < 4.78 is 36.5. The summed E-state index contributed by atoms with van der Waals surface area (Å²) in [5, 5.41) is 6.35. The summed E-state index contributed by atoms with van der Waals surface area (Å²) >= 11 is 0. The highest BCUT2D eigenvalue weighted by Crippen LogP contribution is 2.18. The van der Waals surface area contributed by atoms with Gasteiger partial charge < -0.3 is 15.5 Å². The number of benzene rings is 1. The van der Waals surface area contributed by atoms with Crippen LogP contribution in [0.25, 0.3) is 0 Å². The molecule has 9 heteroatoms. The largest absolute Gasteiger partial charge is 0.354 e. The van der Waals surface area contributed by atoms with Crippen molar-refractivity contribution in [3.05, 3.63) is 35.6 Å². The number of nitrogens with one attached hydrogen (secondary N) is 2. The molecule has 6 nitrogen and oxygen atoms in total. The molecule has 0 amide bonds. The Morgan fingerprint density at radius 3 is 2.68 bits per heavy atom. The third-order valence-corrected chi connectivity index (χ3v) is 5.88. The van der Waals surface area contributed by atoms with Gasteiger partial charge in [0.05, 0.1) is 17.5 Å². The molecule has 0 spiro atoms. The molecule has 1 fully saturated rings. The fourth-order valence-electron chi connectivity index (χ4n) is 2.80. The van der Waals surface area contributed by atoms with E-state index >= 15 is 0 Å². The molecule has 2 unspecified atom stereocenters. The molecule has 2 rings (SSSR count). The molecule has 0 aromatic heterocycles. The molecule has 2 N–H and O–H groups in total. The fourth-order valence-corrected chi connectivity index (χ4v) is 4.48. The van der Waals surface area contributed by atoms with Crippen LogP contribution in [0.4, 0.5) is 4.39 Å². The van der Waals surface area contributed by atoms with Gasteiger partial charge in [-0.15, -0.1) is 24.0 Å². The third-order valence-electron chi connectivity index (χ3n) is 4.12. The number of sulfone groups is 1. The first-order valence-corrected chi connectivity index (χ1v) is 9.72. The molecular formula is C16H26FIN4O2S. The highest BCUT2D eigenvalue weighted by molar-refractivity contribution is 14.0. The van der Waals surface area contributed by atoms with Crippen LogP contribution in [0.2, 0.25) is 0 Å². The normalized spacial score (nSPS) is 20.8. The minimum absolute atomic E-state index is 0. The molecule has 1 aliphatic heterocycles. The summed E-state index contributed by atoms with van der Waals surface area (Å²) in [5.74, 6) is 0.637. The fraction of sp³-hybridized carbons (Fsp3) is 0.562. The van der Waals surface area contributed by atoms with E-state index in [2.05, 4.69) is 15.6 Å². The molecule has 1 saturated heterocycles. The summed E-state index contributed by atoms with van der Waals surface area (Å²) in [5.41, 5.74) is 0.867. The lowest BCUT2D eigenvalue weighted by molar-refractivity contribution is 0.297. The Labute approximate surface area is 166 Å². The van der Waals surface area contributed by atoms with Gasteiger partial charge in [-0.3, -0.25) is 4.99 Å². The topological polar surface area (TPSA) is 73.8 Å². The van der Waals surface area contributed by atoms with Gasteiger partial charge in [0.2, 0.25) is 0 Å². The van der Waals surface area contributed by atoms with Gasteiger partial charge in [0, 0.05) is 19.6 Å². The maximum atomic E-state index is 13.5. The first kappa shape index (κ1) is 22.1. The van der Waals surface area contributed by atoms with Crippen LogP contribution in [0, 0.1) is 5.82 Å². The van der Waals surface area contributed by atoms with Gasteiger partial charge in [-0.05, 0) is 38.2 Å². The first-order valence-electron chi connectivity index (χ1n) is 7.90. The summed E-state index contributed by atoms with van der Waals surface area (Å²) in [6, 6.07) is 6.36. The standard InChI is InChI=1S/C16H25FN4O2S.HI/c1-18-16(20-14-7-8-24(22,23)11-14)19-10-15(21(2)3)12-5-4-6-13(17)9-12;/h4-6,9,14-15H,7-8,10-11H2,1-3H3,(H2,18,19,20);1H. The molecule has 1 aliphatic rings. The van der Waals surface area contributed by atoms with Crippen LogP contribution in [-0.2, 0) is 9.84 Å². The second kappa shape index (κ2) is 9.67. The van der Waals surface area contributed by atoms with Crippen molar-refractivity contribution in [1.82, 2.24) is 15.5 Å². The van der Waals surface area contributed by atoms with Crippen molar-refractivity contribution in [2.45, 2.75) is 18.5 Å². The predicted molar refractivity (Wildman–Crippen MR) is 110 cm³/mol. The van der Waals surface area contributed by atoms with E-state index in [1.165, 1.54) is 12.1 Å². The van der Waals surface area contributed by atoms with E-state index in [-0.39, 0.29) is 53.4 Å². The Morgan fingerprint density at radius 1 is 1.44 bits per heavy atom. The van der Waals surface area contributed by atoms with Crippen LogP contribution in [0.1, 0.15) is 18.0 Å². The Morgan fingerprint density at radius 2 is 2.16 bits per heavy atom. The van der Waals surface area contributed by atoms with Crippen molar-refractivity contribution in [3.63, 3.8) is 0 Å². The zero-order chi connectivity index (χ0) is 17.7. The molecule has 1 aromatic carbocycles. The Balaban J connectivity index is 0.00000312. The highest BCUT2D eigenvalue weighted by Gasteiger charge is 2.28. The van der Waals surface area contributed by atoms with E-state index in [0.717, 1.165) is 5.56 Å². The Hall–Kier alpha value is -0.940. The minimum Gasteiger partial charge on any atom is -0.354 e. The lowest BCUT2D eigenvalue weighted by atomic mass is 10.1. The smallest absolute Gasteiger partial charge is 0.191 e. The van der Waals surface area contributed by atoms with Crippen LogP contribution < -0.4 is 10.6 Å². The lowest BCUT2D eigenvalue weighted by Crippen LogP contribution is -2.46. The zero-order valence-corrected chi connectivity index (χ0v) is 17.8. The van der Waals surface area contributed by atoms with Gasteiger partial charge in [0.15, 0.2) is 15.8 Å². The molecule has 25 heavy (non-hydrogen) atoms. The molecule has 0 aliphatic carbocycles. The number of nitrogens with zero attached hydrogens (tertiary/aromatic N) is 2. The average molecular weight is 484 g/mol. The Bertz CT molecular complexity index is 697. The number of halogens is 2. The lowest BCUT2D eigenvalue weighted by Gasteiger charge is -2.26.